The highest BCUT2D eigenvalue weighted by Gasteiger charge is 2.25. The molecule has 86 valence electrons. The number of rotatable bonds is 2. The number of hydrogen-bond acceptors (Lipinski definition) is 3. The third-order valence-corrected chi connectivity index (χ3v) is 3.16. The molecule has 1 aliphatic heterocycles. The van der Waals surface area contributed by atoms with E-state index in [4.69, 9.17) is 17.3 Å². The van der Waals surface area contributed by atoms with Gasteiger partial charge in [-0.25, -0.2) is 4.98 Å². The number of carbonyl (C=O) groups excluding carboxylic acids is 1. The molecule has 1 aromatic rings. The van der Waals surface area contributed by atoms with Gasteiger partial charge in [-0.2, -0.15) is 0 Å². The van der Waals surface area contributed by atoms with Gasteiger partial charge in [-0.1, -0.05) is 11.6 Å². The Kier molecular flexibility index (Phi) is 3.29. The number of nitrogens with zero attached hydrogens (tertiary/aromatic N) is 2. The number of primary amides is 1. The minimum atomic E-state index is -0.239. The van der Waals surface area contributed by atoms with Gasteiger partial charge in [0.25, 0.3) is 0 Å². The molecule has 1 amide bonds. The smallest absolute Gasteiger partial charge is 0.222 e. The number of aromatic nitrogens is 1. The van der Waals surface area contributed by atoms with Crippen LogP contribution in [0, 0.1) is 5.92 Å². The Bertz CT molecular complexity index is 397. The molecule has 2 heterocycles. The van der Waals surface area contributed by atoms with E-state index in [0.717, 1.165) is 25.2 Å². The topological polar surface area (TPSA) is 59.2 Å². The van der Waals surface area contributed by atoms with Crippen molar-refractivity contribution in [1.29, 1.82) is 0 Å². The molecular formula is C11H14ClN3O. The average molecular weight is 240 g/mol. The van der Waals surface area contributed by atoms with Crippen molar-refractivity contribution < 1.29 is 4.79 Å². The first-order valence-corrected chi connectivity index (χ1v) is 5.71. The maximum absolute atomic E-state index is 11.2. The summed E-state index contributed by atoms with van der Waals surface area (Å²) in [6.07, 6.45) is 3.51. The zero-order valence-electron chi connectivity index (χ0n) is 8.90. The Morgan fingerprint density at radius 3 is 3.12 bits per heavy atom. The summed E-state index contributed by atoms with van der Waals surface area (Å²) in [7, 11) is 0. The Morgan fingerprint density at radius 1 is 1.62 bits per heavy atom. The fourth-order valence-electron chi connectivity index (χ4n) is 2.01. The Balaban J connectivity index is 2.16. The zero-order valence-corrected chi connectivity index (χ0v) is 9.65. The maximum atomic E-state index is 11.2. The lowest BCUT2D eigenvalue weighted by atomic mass is 9.97. The van der Waals surface area contributed by atoms with Gasteiger partial charge in [-0.3, -0.25) is 4.79 Å². The van der Waals surface area contributed by atoms with Crippen molar-refractivity contribution in [3.63, 3.8) is 0 Å². The second-order valence-electron chi connectivity index (χ2n) is 4.00. The van der Waals surface area contributed by atoms with Gasteiger partial charge in [0.1, 0.15) is 5.82 Å². The van der Waals surface area contributed by atoms with Crippen molar-refractivity contribution in [1.82, 2.24) is 4.98 Å². The molecule has 1 aliphatic rings. The van der Waals surface area contributed by atoms with Crippen LogP contribution in [-0.2, 0) is 4.79 Å². The van der Waals surface area contributed by atoms with Crippen LogP contribution in [0.1, 0.15) is 12.8 Å². The van der Waals surface area contributed by atoms with E-state index in [1.807, 2.05) is 4.90 Å². The number of amides is 1. The molecule has 0 spiro atoms. The molecule has 0 bridgehead atoms. The highest BCUT2D eigenvalue weighted by molar-refractivity contribution is 6.32. The molecule has 2 N–H and O–H groups in total. The summed E-state index contributed by atoms with van der Waals surface area (Å²) >= 11 is 6.06. The zero-order chi connectivity index (χ0) is 11.5. The lowest BCUT2D eigenvalue weighted by molar-refractivity contribution is -0.122. The van der Waals surface area contributed by atoms with E-state index in [2.05, 4.69) is 4.98 Å². The average Bonchev–Trinajstić information content (AvgIpc) is 2.30. The van der Waals surface area contributed by atoms with Crippen molar-refractivity contribution in [2.75, 3.05) is 18.0 Å². The van der Waals surface area contributed by atoms with E-state index in [0.29, 0.717) is 11.6 Å². The van der Waals surface area contributed by atoms with E-state index in [-0.39, 0.29) is 11.8 Å². The van der Waals surface area contributed by atoms with E-state index in [1.54, 1.807) is 18.3 Å². The van der Waals surface area contributed by atoms with Crippen LogP contribution in [0.2, 0.25) is 5.02 Å². The van der Waals surface area contributed by atoms with Crippen LogP contribution in [0.5, 0.6) is 0 Å². The number of halogens is 1. The molecule has 1 aromatic heterocycles. The molecule has 16 heavy (non-hydrogen) atoms. The van der Waals surface area contributed by atoms with E-state index < -0.39 is 0 Å². The summed E-state index contributed by atoms with van der Waals surface area (Å²) < 4.78 is 0. The quantitative estimate of drug-likeness (QED) is 0.850. The number of nitrogens with two attached hydrogens (primary N) is 1. The third-order valence-electron chi connectivity index (χ3n) is 2.86. The largest absolute Gasteiger partial charge is 0.369 e. The number of hydrogen-bond donors (Lipinski definition) is 1. The first-order valence-electron chi connectivity index (χ1n) is 5.33. The van der Waals surface area contributed by atoms with Crippen LogP contribution in [0.3, 0.4) is 0 Å². The third kappa shape index (κ3) is 2.27. The summed E-state index contributed by atoms with van der Waals surface area (Å²) in [6, 6.07) is 3.60. The lowest BCUT2D eigenvalue weighted by Crippen LogP contribution is -2.41. The Labute approximate surface area is 99.4 Å². The van der Waals surface area contributed by atoms with Gasteiger partial charge in [0, 0.05) is 19.3 Å². The summed E-state index contributed by atoms with van der Waals surface area (Å²) in [5, 5.41) is 0.618. The molecule has 1 saturated heterocycles. The molecule has 0 aromatic carbocycles. The molecular weight excluding hydrogens is 226 g/mol. The minimum Gasteiger partial charge on any atom is -0.369 e. The van der Waals surface area contributed by atoms with Crippen molar-refractivity contribution in [3.05, 3.63) is 23.4 Å². The maximum Gasteiger partial charge on any atom is 0.222 e. The van der Waals surface area contributed by atoms with E-state index in [9.17, 15) is 4.79 Å². The summed E-state index contributed by atoms with van der Waals surface area (Å²) in [5.74, 6) is 0.415. The van der Waals surface area contributed by atoms with Gasteiger partial charge in [0.05, 0.1) is 10.9 Å². The number of carbonyl (C=O) groups is 1. The SMILES string of the molecule is NC(=O)C1CCCN(c2ncccc2Cl)C1. The highest BCUT2D eigenvalue weighted by Crippen LogP contribution is 2.27. The summed E-state index contributed by atoms with van der Waals surface area (Å²) in [6.45, 7) is 1.49. The summed E-state index contributed by atoms with van der Waals surface area (Å²) in [5.41, 5.74) is 5.33. The molecule has 4 nitrogen and oxygen atoms in total. The lowest BCUT2D eigenvalue weighted by Gasteiger charge is -2.32. The van der Waals surface area contributed by atoms with Crippen molar-refractivity contribution in [2.24, 2.45) is 11.7 Å². The fraction of sp³-hybridized carbons (Fsp3) is 0.455. The van der Waals surface area contributed by atoms with Gasteiger partial charge in [0.15, 0.2) is 0 Å². The molecule has 1 fully saturated rings. The molecule has 0 saturated carbocycles. The minimum absolute atomic E-state index is 0.0909. The number of piperidine rings is 1. The van der Waals surface area contributed by atoms with E-state index >= 15 is 0 Å². The second-order valence-corrected chi connectivity index (χ2v) is 4.40. The molecule has 2 rings (SSSR count). The van der Waals surface area contributed by atoms with Gasteiger partial charge >= 0.3 is 0 Å². The normalized spacial score (nSPS) is 20.8. The first kappa shape index (κ1) is 11.2. The number of anilines is 1. The summed E-state index contributed by atoms with van der Waals surface area (Å²) in [4.78, 5) is 17.4. The predicted molar refractivity (Wildman–Crippen MR) is 63.4 cm³/mol. The van der Waals surface area contributed by atoms with Gasteiger partial charge in [-0.05, 0) is 25.0 Å². The second kappa shape index (κ2) is 4.70. The van der Waals surface area contributed by atoms with Crippen molar-refractivity contribution in [3.8, 4) is 0 Å². The van der Waals surface area contributed by atoms with Gasteiger partial charge < -0.3 is 10.6 Å². The highest BCUT2D eigenvalue weighted by atomic mass is 35.5. The van der Waals surface area contributed by atoms with Crippen LogP contribution in [0.4, 0.5) is 5.82 Å². The standard InChI is InChI=1S/C11H14ClN3O/c12-9-4-1-5-14-11(9)15-6-2-3-8(7-15)10(13)16/h1,4-5,8H,2-3,6-7H2,(H2,13,16). The molecule has 1 atom stereocenters. The molecule has 5 heteroatoms. The van der Waals surface area contributed by atoms with Crippen molar-refractivity contribution >= 4 is 23.3 Å². The number of pyridine rings is 1. The van der Waals surface area contributed by atoms with E-state index in [1.165, 1.54) is 0 Å². The monoisotopic (exact) mass is 239 g/mol. The molecule has 0 radical (unpaired) electrons. The van der Waals surface area contributed by atoms with Crippen LogP contribution in [-0.4, -0.2) is 24.0 Å². The predicted octanol–water partition coefficient (Wildman–Crippen LogP) is 1.44. The van der Waals surface area contributed by atoms with Crippen LogP contribution in [0.25, 0.3) is 0 Å². The Hall–Kier alpha value is -1.29. The van der Waals surface area contributed by atoms with Crippen LogP contribution < -0.4 is 10.6 Å². The van der Waals surface area contributed by atoms with Crippen molar-refractivity contribution in [2.45, 2.75) is 12.8 Å². The van der Waals surface area contributed by atoms with Gasteiger partial charge in [0.2, 0.25) is 5.91 Å². The molecule has 0 aliphatic carbocycles. The fourth-order valence-corrected chi connectivity index (χ4v) is 2.25. The van der Waals surface area contributed by atoms with Gasteiger partial charge in [-0.15, -0.1) is 0 Å². The van der Waals surface area contributed by atoms with Crippen LogP contribution >= 0.6 is 11.6 Å². The first-order chi connectivity index (χ1) is 7.68. The molecule has 1 unspecified atom stereocenters. The van der Waals surface area contributed by atoms with Crippen LogP contribution in [0.15, 0.2) is 18.3 Å². The Morgan fingerprint density at radius 2 is 2.44 bits per heavy atom.